The smallest absolute Gasteiger partial charge is 0.182 e. The van der Waals surface area contributed by atoms with Crippen LogP contribution in [0.5, 0.6) is 11.5 Å². The molecule has 0 radical (unpaired) electrons. The number of para-hydroxylation sites is 1. The van der Waals surface area contributed by atoms with Crippen molar-refractivity contribution in [1.29, 1.82) is 5.26 Å². The summed E-state index contributed by atoms with van der Waals surface area (Å²) in [5, 5.41) is 12.2. The molecule has 1 aromatic heterocycles. The van der Waals surface area contributed by atoms with Gasteiger partial charge in [0, 0.05) is 24.5 Å². The average Bonchev–Trinajstić information content (AvgIpc) is 2.63. The van der Waals surface area contributed by atoms with Crippen LogP contribution in [0.3, 0.4) is 0 Å². The number of ether oxygens (including phenoxy) is 1. The van der Waals surface area contributed by atoms with E-state index in [-0.39, 0.29) is 5.69 Å². The Morgan fingerprint density at radius 1 is 1.04 bits per heavy atom. The Morgan fingerprint density at radius 2 is 1.79 bits per heavy atom. The van der Waals surface area contributed by atoms with E-state index < -0.39 is 0 Å². The molecule has 0 saturated carbocycles. The second kappa shape index (κ2) is 7.25. The van der Waals surface area contributed by atoms with Crippen LogP contribution < -0.4 is 10.1 Å². The van der Waals surface area contributed by atoms with Crippen LogP contribution in [0.2, 0.25) is 0 Å². The summed E-state index contributed by atoms with van der Waals surface area (Å²) in [6, 6.07) is 17.7. The lowest BCUT2D eigenvalue weighted by Gasteiger charge is -2.12. The molecule has 0 fully saturated rings. The zero-order valence-corrected chi connectivity index (χ0v) is 13.2. The maximum Gasteiger partial charge on any atom is 0.182 e. The van der Waals surface area contributed by atoms with E-state index in [0.717, 1.165) is 17.1 Å². The van der Waals surface area contributed by atoms with Crippen molar-refractivity contribution in [2.24, 2.45) is 0 Å². The van der Waals surface area contributed by atoms with Crippen LogP contribution in [0.25, 0.3) is 0 Å². The molecule has 0 unspecified atom stereocenters. The lowest BCUT2D eigenvalue weighted by atomic mass is 10.2. The molecule has 2 aromatic carbocycles. The Bertz CT molecular complexity index is 869. The van der Waals surface area contributed by atoms with E-state index in [9.17, 15) is 0 Å². The van der Waals surface area contributed by atoms with E-state index in [1.54, 1.807) is 6.20 Å². The number of anilines is 1. The molecule has 1 N–H and O–H groups in total. The minimum atomic E-state index is 0.273. The van der Waals surface area contributed by atoms with Crippen LogP contribution in [-0.2, 0) is 6.54 Å². The van der Waals surface area contributed by atoms with Gasteiger partial charge in [0.1, 0.15) is 17.6 Å². The van der Waals surface area contributed by atoms with Gasteiger partial charge in [0.05, 0.1) is 0 Å². The van der Waals surface area contributed by atoms with Crippen molar-refractivity contribution in [3.8, 4) is 17.6 Å². The second-order valence-corrected chi connectivity index (χ2v) is 5.24. The Hall–Kier alpha value is -3.39. The molecule has 24 heavy (non-hydrogen) atoms. The molecule has 0 aliphatic carbocycles. The zero-order chi connectivity index (χ0) is 16.8. The largest absolute Gasteiger partial charge is 0.457 e. The molecule has 5 heteroatoms. The van der Waals surface area contributed by atoms with Gasteiger partial charge in [0.15, 0.2) is 11.5 Å². The number of hydrogen-bond acceptors (Lipinski definition) is 5. The van der Waals surface area contributed by atoms with Crippen LogP contribution >= 0.6 is 0 Å². The summed E-state index contributed by atoms with van der Waals surface area (Å²) in [6.45, 7) is 2.52. The van der Waals surface area contributed by atoms with Gasteiger partial charge in [0.2, 0.25) is 0 Å². The number of rotatable bonds is 5. The molecule has 0 bridgehead atoms. The van der Waals surface area contributed by atoms with Crippen molar-refractivity contribution >= 4 is 5.82 Å². The summed E-state index contributed by atoms with van der Waals surface area (Å²) >= 11 is 0. The Kier molecular flexibility index (Phi) is 4.68. The summed E-state index contributed by atoms with van der Waals surface area (Å²) in [7, 11) is 0. The number of hydrogen-bond donors (Lipinski definition) is 1. The van der Waals surface area contributed by atoms with Gasteiger partial charge >= 0.3 is 0 Å². The van der Waals surface area contributed by atoms with E-state index in [1.165, 1.54) is 11.8 Å². The van der Waals surface area contributed by atoms with E-state index in [4.69, 9.17) is 10.00 Å². The fourth-order valence-corrected chi connectivity index (χ4v) is 2.21. The summed E-state index contributed by atoms with van der Waals surface area (Å²) in [5.41, 5.74) is 2.42. The molecule has 0 spiro atoms. The number of nitriles is 1. The molecule has 0 saturated heterocycles. The molecular formula is C19H16N4O. The zero-order valence-electron chi connectivity index (χ0n) is 13.2. The molecule has 3 aromatic rings. The van der Waals surface area contributed by atoms with Crippen molar-refractivity contribution in [3.63, 3.8) is 0 Å². The van der Waals surface area contributed by atoms with E-state index in [2.05, 4.69) is 15.3 Å². The standard InChI is InChI=1S/C19H16N4O/c1-14-6-8-16(9-7-14)24-18-5-3-2-4-15(18)13-23-19-17(12-20)21-10-11-22-19/h2-11H,13H2,1H3,(H,22,23). The summed E-state index contributed by atoms with van der Waals surface area (Å²) in [4.78, 5) is 8.14. The van der Waals surface area contributed by atoms with Gasteiger partial charge in [0.25, 0.3) is 0 Å². The van der Waals surface area contributed by atoms with Gasteiger partial charge in [-0.1, -0.05) is 35.9 Å². The van der Waals surface area contributed by atoms with E-state index in [0.29, 0.717) is 12.4 Å². The van der Waals surface area contributed by atoms with Crippen LogP contribution in [0, 0.1) is 18.3 Å². The van der Waals surface area contributed by atoms with Crippen molar-refractivity contribution in [2.45, 2.75) is 13.5 Å². The Morgan fingerprint density at radius 3 is 2.58 bits per heavy atom. The first-order valence-electron chi connectivity index (χ1n) is 7.53. The lowest BCUT2D eigenvalue weighted by molar-refractivity contribution is 0.477. The fraction of sp³-hybridized carbons (Fsp3) is 0.105. The SMILES string of the molecule is Cc1ccc(Oc2ccccc2CNc2nccnc2C#N)cc1. The second-order valence-electron chi connectivity index (χ2n) is 5.24. The lowest BCUT2D eigenvalue weighted by Crippen LogP contribution is -2.05. The van der Waals surface area contributed by atoms with E-state index in [1.807, 2.05) is 61.5 Å². The molecule has 3 rings (SSSR count). The monoisotopic (exact) mass is 316 g/mol. The minimum absolute atomic E-state index is 0.273. The first-order valence-corrected chi connectivity index (χ1v) is 7.53. The summed E-state index contributed by atoms with van der Waals surface area (Å²) in [5.74, 6) is 2.01. The van der Waals surface area contributed by atoms with Gasteiger partial charge < -0.3 is 10.1 Å². The predicted molar refractivity (Wildman–Crippen MR) is 91.8 cm³/mol. The third kappa shape index (κ3) is 3.68. The van der Waals surface area contributed by atoms with Gasteiger partial charge in [-0.3, -0.25) is 0 Å². The molecule has 0 aliphatic heterocycles. The highest BCUT2D eigenvalue weighted by Crippen LogP contribution is 2.26. The minimum Gasteiger partial charge on any atom is -0.457 e. The van der Waals surface area contributed by atoms with Gasteiger partial charge in [-0.2, -0.15) is 5.26 Å². The van der Waals surface area contributed by atoms with Gasteiger partial charge in [-0.05, 0) is 25.1 Å². The number of benzene rings is 2. The number of aromatic nitrogens is 2. The molecule has 0 aliphatic rings. The number of aryl methyl sites for hydroxylation is 1. The maximum absolute atomic E-state index is 9.07. The van der Waals surface area contributed by atoms with Crippen molar-refractivity contribution in [2.75, 3.05) is 5.32 Å². The van der Waals surface area contributed by atoms with E-state index >= 15 is 0 Å². The quantitative estimate of drug-likeness (QED) is 0.768. The highest BCUT2D eigenvalue weighted by molar-refractivity contribution is 5.48. The molecule has 5 nitrogen and oxygen atoms in total. The highest BCUT2D eigenvalue weighted by atomic mass is 16.5. The number of nitrogens with zero attached hydrogens (tertiary/aromatic N) is 3. The van der Waals surface area contributed by atoms with Crippen LogP contribution in [-0.4, -0.2) is 9.97 Å². The van der Waals surface area contributed by atoms with Crippen molar-refractivity contribution in [1.82, 2.24) is 9.97 Å². The first-order chi connectivity index (χ1) is 11.8. The predicted octanol–water partition coefficient (Wildman–Crippen LogP) is 4.06. The molecule has 0 amide bonds. The van der Waals surface area contributed by atoms with Crippen molar-refractivity contribution in [3.05, 3.63) is 77.7 Å². The maximum atomic E-state index is 9.07. The molecule has 1 heterocycles. The van der Waals surface area contributed by atoms with Crippen LogP contribution in [0.4, 0.5) is 5.82 Å². The van der Waals surface area contributed by atoms with Gasteiger partial charge in [-0.25, -0.2) is 9.97 Å². The first kappa shape index (κ1) is 15.5. The molecule has 118 valence electrons. The normalized spacial score (nSPS) is 10.0. The highest BCUT2D eigenvalue weighted by Gasteiger charge is 2.07. The third-order valence-electron chi connectivity index (χ3n) is 3.47. The van der Waals surface area contributed by atoms with Crippen LogP contribution in [0.15, 0.2) is 60.9 Å². The number of nitrogens with one attached hydrogen (secondary N) is 1. The molecular weight excluding hydrogens is 300 g/mol. The van der Waals surface area contributed by atoms with Crippen molar-refractivity contribution < 1.29 is 4.74 Å². The Balaban J connectivity index is 1.77. The topological polar surface area (TPSA) is 70.8 Å². The third-order valence-corrected chi connectivity index (χ3v) is 3.47. The van der Waals surface area contributed by atoms with Gasteiger partial charge in [-0.15, -0.1) is 0 Å². The average molecular weight is 316 g/mol. The van der Waals surface area contributed by atoms with Crippen LogP contribution in [0.1, 0.15) is 16.8 Å². The fourth-order valence-electron chi connectivity index (χ4n) is 2.21. The Labute approximate surface area is 140 Å². The summed E-state index contributed by atoms with van der Waals surface area (Å²) in [6.07, 6.45) is 3.05. The molecule has 0 atom stereocenters. The summed E-state index contributed by atoms with van der Waals surface area (Å²) < 4.78 is 5.97.